The van der Waals surface area contributed by atoms with Gasteiger partial charge < -0.3 is 19.3 Å². The lowest BCUT2D eigenvalue weighted by Gasteiger charge is -2.17. The van der Waals surface area contributed by atoms with Crippen LogP contribution in [0.2, 0.25) is 0 Å². The van der Waals surface area contributed by atoms with Crippen LogP contribution in [0.15, 0.2) is 48.5 Å². The molecule has 0 saturated heterocycles. The Hall–Kier alpha value is -3.06. The average Bonchev–Trinajstić information content (AvgIpc) is 2.78. The van der Waals surface area contributed by atoms with Gasteiger partial charge in [0.1, 0.15) is 13.2 Å². The molecule has 0 aliphatic heterocycles. The fourth-order valence-electron chi connectivity index (χ4n) is 2.80. The topological polar surface area (TPSA) is 62.3 Å². The summed E-state index contributed by atoms with van der Waals surface area (Å²) < 4.78 is 10.7. The SMILES string of the molecule is CCN(C)c1ccc(C(=O)OCCN(C)CCOC(=O)c2ccc(N(C)C)cc2)cc1. The van der Waals surface area contributed by atoms with E-state index in [-0.39, 0.29) is 25.2 Å². The zero-order valence-electron chi connectivity index (χ0n) is 19.1. The maximum Gasteiger partial charge on any atom is 0.338 e. The van der Waals surface area contributed by atoms with Crippen LogP contribution in [0.1, 0.15) is 27.6 Å². The smallest absolute Gasteiger partial charge is 0.338 e. The Balaban J connectivity index is 1.67. The molecule has 0 fully saturated rings. The largest absolute Gasteiger partial charge is 0.461 e. The predicted molar refractivity (Wildman–Crippen MR) is 124 cm³/mol. The first-order valence-corrected chi connectivity index (χ1v) is 10.4. The molecular formula is C24H33N3O4. The summed E-state index contributed by atoms with van der Waals surface area (Å²) >= 11 is 0. The van der Waals surface area contributed by atoms with Gasteiger partial charge in [-0.05, 0) is 62.5 Å². The first-order chi connectivity index (χ1) is 14.8. The van der Waals surface area contributed by atoms with E-state index in [1.807, 2.05) is 62.3 Å². The molecule has 0 spiro atoms. The standard InChI is InChI=1S/C24H33N3O4/c1-6-27(5)22-13-9-20(10-14-22)24(29)31-18-16-26(4)15-17-30-23(28)19-7-11-21(12-8-19)25(2)3/h7-14H,6,15-18H2,1-5H3. The van der Waals surface area contributed by atoms with Gasteiger partial charge in [0.2, 0.25) is 0 Å². The Bertz CT molecular complexity index is 835. The van der Waals surface area contributed by atoms with E-state index in [4.69, 9.17) is 9.47 Å². The van der Waals surface area contributed by atoms with Crippen LogP contribution in [0.4, 0.5) is 11.4 Å². The normalized spacial score (nSPS) is 10.6. The van der Waals surface area contributed by atoms with Crippen LogP contribution >= 0.6 is 0 Å². The summed E-state index contributed by atoms with van der Waals surface area (Å²) in [6.45, 7) is 4.61. The van der Waals surface area contributed by atoms with Gasteiger partial charge >= 0.3 is 11.9 Å². The number of carbonyl (C=O) groups excluding carboxylic acids is 2. The summed E-state index contributed by atoms with van der Waals surface area (Å²) in [6, 6.07) is 14.7. The lowest BCUT2D eigenvalue weighted by Crippen LogP contribution is -2.28. The van der Waals surface area contributed by atoms with E-state index in [1.54, 1.807) is 24.3 Å². The van der Waals surface area contributed by atoms with Crippen LogP contribution in [0.3, 0.4) is 0 Å². The monoisotopic (exact) mass is 427 g/mol. The van der Waals surface area contributed by atoms with Crippen molar-refractivity contribution >= 4 is 23.3 Å². The molecule has 2 rings (SSSR count). The van der Waals surface area contributed by atoms with Crippen molar-refractivity contribution < 1.29 is 19.1 Å². The highest BCUT2D eigenvalue weighted by Gasteiger charge is 2.10. The highest BCUT2D eigenvalue weighted by atomic mass is 16.5. The Labute approximate surface area is 185 Å². The molecule has 7 heteroatoms. The number of ether oxygens (including phenoxy) is 2. The van der Waals surface area contributed by atoms with E-state index in [9.17, 15) is 9.59 Å². The van der Waals surface area contributed by atoms with Gasteiger partial charge in [-0.25, -0.2) is 9.59 Å². The van der Waals surface area contributed by atoms with E-state index in [0.29, 0.717) is 24.2 Å². The van der Waals surface area contributed by atoms with Crippen LogP contribution in [0.5, 0.6) is 0 Å². The molecule has 0 aliphatic carbocycles. The number of hydrogen-bond donors (Lipinski definition) is 0. The van der Waals surface area contributed by atoms with Gasteiger partial charge in [0, 0.05) is 52.2 Å². The minimum Gasteiger partial charge on any atom is -0.461 e. The zero-order valence-corrected chi connectivity index (χ0v) is 19.1. The summed E-state index contributed by atoms with van der Waals surface area (Å²) in [7, 11) is 7.79. The van der Waals surface area contributed by atoms with Crippen molar-refractivity contribution in [3.63, 3.8) is 0 Å². The van der Waals surface area contributed by atoms with Crippen LogP contribution in [-0.4, -0.2) is 77.9 Å². The van der Waals surface area contributed by atoms with Gasteiger partial charge in [0.15, 0.2) is 0 Å². The molecule has 2 aromatic carbocycles. The van der Waals surface area contributed by atoms with E-state index < -0.39 is 0 Å². The molecule has 7 nitrogen and oxygen atoms in total. The number of likely N-dealkylation sites (N-methyl/N-ethyl adjacent to an activating group) is 1. The van der Waals surface area contributed by atoms with E-state index >= 15 is 0 Å². The maximum absolute atomic E-state index is 12.2. The Morgan fingerprint density at radius 2 is 1.13 bits per heavy atom. The van der Waals surface area contributed by atoms with E-state index in [0.717, 1.165) is 17.9 Å². The fourth-order valence-corrected chi connectivity index (χ4v) is 2.80. The number of benzene rings is 2. The highest BCUT2D eigenvalue weighted by molar-refractivity contribution is 5.90. The van der Waals surface area contributed by atoms with E-state index in [1.165, 1.54) is 0 Å². The number of carbonyl (C=O) groups is 2. The molecule has 0 aliphatic rings. The van der Waals surface area contributed by atoms with Crippen molar-refractivity contribution in [2.75, 3.05) is 70.8 Å². The Morgan fingerprint density at radius 1 is 0.710 bits per heavy atom. The Kier molecular flexibility index (Phi) is 9.34. The molecule has 0 amide bonds. The van der Waals surface area contributed by atoms with Gasteiger partial charge in [-0.15, -0.1) is 0 Å². The number of anilines is 2. The van der Waals surface area contributed by atoms with Gasteiger partial charge in [0.05, 0.1) is 11.1 Å². The van der Waals surface area contributed by atoms with Gasteiger partial charge in [-0.1, -0.05) is 0 Å². The van der Waals surface area contributed by atoms with Crippen molar-refractivity contribution in [3.05, 3.63) is 59.7 Å². The second-order valence-corrected chi connectivity index (χ2v) is 7.58. The molecule has 0 heterocycles. The second kappa shape index (κ2) is 12.0. The van der Waals surface area contributed by atoms with Gasteiger partial charge in [0.25, 0.3) is 0 Å². The molecule has 0 atom stereocenters. The molecule has 0 radical (unpaired) electrons. The minimum atomic E-state index is -0.345. The van der Waals surface area contributed by atoms with Crippen molar-refractivity contribution in [3.8, 4) is 0 Å². The molecule has 0 bridgehead atoms. The quantitative estimate of drug-likeness (QED) is 0.511. The molecule has 0 unspecified atom stereocenters. The first-order valence-electron chi connectivity index (χ1n) is 10.4. The second-order valence-electron chi connectivity index (χ2n) is 7.58. The summed E-state index contributed by atoms with van der Waals surface area (Å²) in [6.07, 6.45) is 0. The predicted octanol–water partition coefficient (Wildman–Crippen LogP) is 3.15. The van der Waals surface area contributed by atoms with Crippen LogP contribution in [0.25, 0.3) is 0 Å². The third-order valence-corrected chi connectivity index (χ3v) is 5.05. The number of rotatable bonds is 11. The van der Waals surface area contributed by atoms with Crippen LogP contribution in [0, 0.1) is 0 Å². The zero-order chi connectivity index (χ0) is 22.8. The lowest BCUT2D eigenvalue weighted by molar-refractivity contribution is 0.0419. The lowest BCUT2D eigenvalue weighted by atomic mass is 10.2. The van der Waals surface area contributed by atoms with Gasteiger partial charge in [-0.2, -0.15) is 0 Å². The third-order valence-electron chi connectivity index (χ3n) is 5.05. The maximum atomic E-state index is 12.2. The van der Waals surface area contributed by atoms with Crippen molar-refractivity contribution in [2.45, 2.75) is 6.92 Å². The molecule has 0 aromatic heterocycles. The van der Waals surface area contributed by atoms with Crippen LogP contribution in [-0.2, 0) is 9.47 Å². The number of hydrogen-bond acceptors (Lipinski definition) is 7. The van der Waals surface area contributed by atoms with Crippen molar-refractivity contribution in [2.24, 2.45) is 0 Å². The highest BCUT2D eigenvalue weighted by Crippen LogP contribution is 2.14. The average molecular weight is 428 g/mol. The fraction of sp³-hybridized carbons (Fsp3) is 0.417. The number of nitrogens with zero attached hydrogens (tertiary/aromatic N) is 3. The summed E-state index contributed by atoms with van der Waals surface area (Å²) in [5.41, 5.74) is 3.14. The first kappa shape index (κ1) is 24.2. The van der Waals surface area contributed by atoms with Crippen LogP contribution < -0.4 is 9.80 Å². The number of esters is 2. The molecular weight excluding hydrogens is 394 g/mol. The third kappa shape index (κ3) is 7.61. The Morgan fingerprint density at radius 3 is 1.52 bits per heavy atom. The van der Waals surface area contributed by atoms with Crippen molar-refractivity contribution in [1.82, 2.24) is 4.90 Å². The summed E-state index contributed by atoms with van der Waals surface area (Å²) in [5.74, 6) is -0.686. The molecule has 0 saturated carbocycles. The summed E-state index contributed by atoms with van der Waals surface area (Å²) in [5, 5.41) is 0. The summed E-state index contributed by atoms with van der Waals surface area (Å²) in [4.78, 5) is 30.3. The molecule has 2 aromatic rings. The molecule has 168 valence electrons. The minimum absolute atomic E-state index is 0.269. The van der Waals surface area contributed by atoms with Gasteiger partial charge in [-0.3, -0.25) is 4.90 Å². The molecule has 0 N–H and O–H groups in total. The molecule has 31 heavy (non-hydrogen) atoms. The van der Waals surface area contributed by atoms with E-state index in [2.05, 4.69) is 11.8 Å². The van der Waals surface area contributed by atoms with Crippen molar-refractivity contribution in [1.29, 1.82) is 0 Å².